The molecule has 0 N–H and O–H groups in total. The second kappa shape index (κ2) is 9.63. The molecular formula is C22H22F7OSi. The molecule has 1 aliphatic heterocycles. The minimum atomic E-state index is -4.79. The molecule has 2 aromatic rings. The van der Waals surface area contributed by atoms with E-state index in [0.29, 0.717) is 17.7 Å². The highest BCUT2D eigenvalue weighted by Crippen LogP contribution is 2.38. The summed E-state index contributed by atoms with van der Waals surface area (Å²) < 4.78 is 98.6. The molecule has 0 amide bonds. The first-order valence-electron chi connectivity index (χ1n) is 10.1. The van der Waals surface area contributed by atoms with Crippen LogP contribution in [0.1, 0.15) is 37.7 Å². The fraction of sp³-hybridized carbons (Fsp3) is 0.455. The molecule has 169 valence electrons. The predicted octanol–water partition coefficient (Wildman–Crippen LogP) is 7.63. The van der Waals surface area contributed by atoms with Crippen LogP contribution in [0.15, 0.2) is 24.3 Å². The maximum atomic E-state index is 14.8. The number of hydrogen-bond acceptors (Lipinski definition) is 1. The van der Waals surface area contributed by atoms with Crippen molar-refractivity contribution in [2.75, 3.05) is 6.61 Å². The van der Waals surface area contributed by atoms with Gasteiger partial charge in [0.15, 0.2) is 24.0 Å². The molecule has 1 heterocycles. The first kappa shape index (κ1) is 23.6. The van der Waals surface area contributed by atoms with Crippen molar-refractivity contribution in [2.24, 2.45) is 0 Å². The summed E-state index contributed by atoms with van der Waals surface area (Å²) in [4.78, 5) is 0. The lowest BCUT2D eigenvalue weighted by molar-refractivity contribution is -0.154. The summed E-state index contributed by atoms with van der Waals surface area (Å²) in [7, 11) is -0.390. The molecule has 0 unspecified atom stereocenters. The van der Waals surface area contributed by atoms with Crippen LogP contribution < -0.4 is 4.74 Å². The van der Waals surface area contributed by atoms with Crippen LogP contribution >= 0.6 is 0 Å². The van der Waals surface area contributed by atoms with Gasteiger partial charge in [0.25, 0.3) is 0 Å². The lowest BCUT2D eigenvalue weighted by atomic mass is 9.91. The van der Waals surface area contributed by atoms with Crippen molar-refractivity contribution in [2.45, 2.75) is 56.4 Å². The van der Waals surface area contributed by atoms with E-state index in [1.165, 1.54) is 18.2 Å². The molecule has 3 rings (SSSR count). The second-order valence-electron chi connectivity index (χ2n) is 7.81. The number of ether oxygens (including phenoxy) is 1. The van der Waals surface area contributed by atoms with Crippen molar-refractivity contribution in [1.82, 2.24) is 0 Å². The highest BCUT2D eigenvalue weighted by molar-refractivity contribution is 6.59. The number of benzene rings is 2. The molecule has 0 aromatic heterocycles. The summed E-state index contributed by atoms with van der Waals surface area (Å²) >= 11 is 0. The molecule has 0 spiro atoms. The van der Waals surface area contributed by atoms with Crippen molar-refractivity contribution >= 4 is 8.80 Å². The molecule has 31 heavy (non-hydrogen) atoms. The molecule has 1 fully saturated rings. The molecule has 2 aromatic carbocycles. The third kappa shape index (κ3) is 5.81. The number of halogens is 7. The zero-order valence-corrected chi connectivity index (χ0v) is 17.9. The third-order valence-electron chi connectivity index (χ3n) is 5.50. The van der Waals surface area contributed by atoms with E-state index < -0.39 is 52.9 Å². The lowest BCUT2D eigenvalue weighted by Gasteiger charge is -2.28. The van der Waals surface area contributed by atoms with Crippen LogP contribution in [0, 0.1) is 23.3 Å². The van der Waals surface area contributed by atoms with Crippen LogP contribution in [-0.2, 0) is 0 Å². The van der Waals surface area contributed by atoms with Gasteiger partial charge in [0.2, 0.25) is 0 Å². The molecule has 1 nitrogen and oxygen atoms in total. The number of rotatable bonds is 6. The van der Waals surface area contributed by atoms with Gasteiger partial charge in [-0.05, 0) is 54.2 Å². The molecule has 9 heteroatoms. The van der Waals surface area contributed by atoms with Crippen molar-refractivity contribution < 1.29 is 35.5 Å². The van der Waals surface area contributed by atoms with Crippen molar-refractivity contribution in [3.8, 4) is 16.9 Å². The van der Waals surface area contributed by atoms with E-state index in [1.54, 1.807) is 0 Å². The van der Waals surface area contributed by atoms with E-state index >= 15 is 0 Å². The van der Waals surface area contributed by atoms with E-state index in [2.05, 4.69) is 11.7 Å². The van der Waals surface area contributed by atoms with Crippen LogP contribution in [0.2, 0.25) is 18.1 Å². The van der Waals surface area contributed by atoms with E-state index in [0.717, 1.165) is 31.4 Å². The Hall–Kier alpha value is -2.03. The van der Waals surface area contributed by atoms with Crippen LogP contribution in [-0.4, -0.2) is 21.6 Å². The summed E-state index contributed by atoms with van der Waals surface area (Å²) in [6.07, 6.45) is -1.92. The Labute approximate surface area is 177 Å². The Balaban J connectivity index is 1.84. The normalized spacial score (nSPS) is 16.0. The summed E-state index contributed by atoms with van der Waals surface area (Å²) in [5, 5.41) is 0. The fourth-order valence-corrected chi connectivity index (χ4v) is 7.03. The van der Waals surface area contributed by atoms with Gasteiger partial charge in [-0.3, -0.25) is 0 Å². The molecule has 0 atom stereocenters. The molecule has 0 aliphatic carbocycles. The summed E-state index contributed by atoms with van der Waals surface area (Å²) in [6, 6.07) is 6.91. The average molecular weight is 463 g/mol. The average Bonchev–Trinajstić information content (AvgIpc) is 2.67. The minimum absolute atomic E-state index is 0.0373. The smallest absolute Gasteiger partial charge is 0.422 e. The minimum Gasteiger partial charge on any atom is -0.478 e. The van der Waals surface area contributed by atoms with Gasteiger partial charge in [-0.2, -0.15) is 13.2 Å². The molecule has 0 saturated carbocycles. The van der Waals surface area contributed by atoms with E-state index in [9.17, 15) is 30.7 Å². The molecular weight excluding hydrogens is 441 g/mol. The zero-order valence-electron chi connectivity index (χ0n) is 16.9. The van der Waals surface area contributed by atoms with E-state index in [4.69, 9.17) is 0 Å². The topological polar surface area (TPSA) is 9.23 Å². The molecule has 1 aliphatic rings. The van der Waals surface area contributed by atoms with E-state index in [1.807, 2.05) is 0 Å². The Kier molecular flexibility index (Phi) is 7.34. The van der Waals surface area contributed by atoms with Gasteiger partial charge in [-0.25, -0.2) is 17.6 Å². The van der Waals surface area contributed by atoms with Gasteiger partial charge in [-0.15, -0.1) is 0 Å². The Morgan fingerprint density at radius 1 is 0.903 bits per heavy atom. The van der Waals surface area contributed by atoms with Crippen LogP contribution in [0.5, 0.6) is 5.75 Å². The highest BCUT2D eigenvalue weighted by atomic mass is 28.3. The Morgan fingerprint density at radius 2 is 1.45 bits per heavy atom. The van der Waals surface area contributed by atoms with Gasteiger partial charge in [0, 0.05) is 8.80 Å². The summed E-state index contributed by atoms with van der Waals surface area (Å²) in [5.41, 5.74) is -0.564. The summed E-state index contributed by atoms with van der Waals surface area (Å²) in [5.74, 6) is -6.09. The van der Waals surface area contributed by atoms with Gasteiger partial charge in [0.1, 0.15) is 11.6 Å². The van der Waals surface area contributed by atoms with Crippen LogP contribution in [0.4, 0.5) is 30.7 Å². The highest BCUT2D eigenvalue weighted by Gasteiger charge is 2.30. The fourth-order valence-electron chi connectivity index (χ4n) is 4.06. The van der Waals surface area contributed by atoms with Crippen molar-refractivity contribution in [3.05, 3.63) is 53.1 Å². The van der Waals surface area contributed by atoms with Gasteiger partial charge in [0.05, 0.1) is 5.56 Å². The Morgan fingerprint density at radius 3 is 1.94 bits per heavy atom. The van der Waals surface area contributed by atoms with Gasteiger partial charge < -0.3 is 4.74 Å². The number of hydrogen-bond donors (Lipinski definition) is 0. The van der Waals surface area contributed by atoms with Gasteiger partial charge >= 0.3 is 6.18 Å². The van der Waals surface area contributed by atoms with Crippen LogP contribution in [0.25, 0.3) is 11.1 Å². The van der Waals surface area contributed by atoms with Crippen molar-refractivity contribution in [3.63, 3.8) is 0 Å². The Bertz CT molecular complexity index is 875. The summed E-state index contributed by atoms with van der Waals surface area (Å²) in [6.45, 7) is 0.258. The second-order valence-corrected chi connectivity index (χ2v) is 10.8. The maximum absolute atomic E-state index is 14.8. The monoisotopic (exact) mass is 463 g/mol. The zero-order chi connectivity index (χ0) is 22.8. The largest absolute Gasteiger partial charge is 0.478 e. The predicted molar refractivity (Wildman–Crippen MR) is 106 cm³/mol. The van der Waals surface area contributed by atoms with Crippen molar-refractivity contribution in [1.29, 1.82) is 0 Å². The molecule has 1 saturated heterocycles. The van der Waals surface area contributed by atoms with Gasteiger partial charge in [-0.1, -0.05) is 31.5 Å². The molecule has 0 bridgehead atoms. The standard InChI is InChI=1S/C22H22F7OSi/c1-2-5-31-6-3-13(4-7-31)14-8-16(23)20(17(24)9-14)15-10-18(25)21(19(26)11-15)30-12-22(27,28)29/h8-11,13H,2-7,12H2,1H3. The maximum Gasteiger partial charge on any atom is 0.422 e. The number of alkyl halides is 3. The first-order chi connectivity index (χ1) is 14.6. The lowest BCUT2D eigenvalue weighted by Crippen LogP contribution is -2.20. The quantitative estimate of drug-likeness (QED) is 0.316. The first-order valence-corrected chi connectivity index (χ1v) is 12.2. The molecule has 1 radical (unpaired) electrons. The SMILES string of the molecule is CCC[Si]1CCC(c2cc(F)c(-c3cc(F)c(OCC(F)(F)F)c(F)c3)c(F)c2)CC1. The van der Waals surface area contributed by atoms with Crippen LogP contribution in [0.3, 0.4) is 0 Å². The van der Waals surface area contributed by atoms with E-state index in [-0.39, 0.29) is 14.7 Å². The third-order valence-corrected chi connectivity index (χ3v) is 8.70.